The second-order valence-electron chi connectivity index (χ2n) is 5.44. The first-order valence-corrected chi connectivity index (χ1v) is 7.52. The first-order chi connectivity index (χ1) is 9.51. The second-order valence-corrected chi connectivity index (χ2v) is 5.44. The van der Waals surface area contributed by atoms with Crippen LogP contribution in [0, 0.1) is 5.92 Å². The monoisotopic (exact) mass is 293 g/mol. The summed E-state index contributed by atoms with van der Waals surface area (Å²) in [6, 6.07) is 0. The molecule has 0 aromatic carbocycles. The molecule has 0 heterocycles. The van der Waals surface area contributed by atoms with Crippen molar-refractivity contribution in [2.24, 2.45) is 10.9 Å². The number of alkyl halides is 3. The lowest BCUT2D eigenvalue weighted by Gasteiger charge is -2.13. The van der Waals surface area contributed by atoms with Crippen molar-refractivity contribution in [2.45, 2.75) is 57.5 Å². The van der Waals surface area contributed by atoms with Gasteiger partial charge in [0, 0.05) is 20.1 Å². The van der Waals surface area contributed by atoms with Gasteiger partial charge < -0.3 is 10.6 Å². The number of nitrogens with one attached hydrogen (secondary N) is 2. The standard InChI is InChI=1S/C14H26F3N3/c1-18-13(20-11-9-14(15,16)17)19-10-5-4-8-12-6-2-3-7-12/h12H,2-11H2,1H3,(H2,18,19,20). The van der Waals surface area contributed by atoms with Gasteiger partial charge in [0.1, 0.15) is 0 Å². The molecule has 118 valence electrons. The number of hydrogen-bond donors (Lipinski definition) is 2. The molecular formula is C14H26F3N3. The lowest BCUT2D eigenvalue weighted by Crippen LogP contribution is -2.39. The van der Waals surface area contributed by atoms with Gasteiger partial charge in [-0.2, -0.15) is 13.2 Å². The summed E-state index contributed by atoms with van der Waals surface area (Å²) in [5, 5.41) is 5.73. The Morgan fingerprint density at radius 1 is 1.10 bits per heavy atom. The highest BCUT2D eigenvalue weighted by Gasteiger charge is 2.26. The molecule has 1 rings (SSSR count). The Labute approximate surface area is 119 Å². The van der Waals surface area contributed by atoms with Gasteiger partial charge in [-0.15, -0.1) is 0 Å². The normalized spacial score (nSPS) is 17.5. The first kappa shape index (κ1) is 17.1. The van der Waals surface area contributed by atoms with Crippen LogP contribution in [-0.4, -0.2) is 32.3 Å². The minimum Gasteiger partial charge on any atom is -0.356 e. The van der Waals surface area contributed by atoms with Crippen LogP contribution in [-0.2, 0) is 0 Å². The van der Waals surface area contributed by atoms with E-state index in [1.807, 2.05) is 0 Å². The Hall–Kier alpha value is -0.940. The summed E-state index contributed by atoms with van der Waals surface area (Å²) in [7, 11) is 1.57. The summed E-state index contributed by atoms with van der Waals surface area (Å²) in [6.07, 6.45) is 4.03. The van der Waals surface area contributed by atoms with Crippen molar-refractivity contribution < 1.29 is 13.2 Å². The average molecular weight is 293 g/mol. The average Bonchev–Trinajstić information content (AvgIpc) is 2.88. The largest absolute Gasteiger partial charge is 0.390 e. The third-order valence-corrected chi connectivity index (χ3v) is 3.73. The van der Waals surface area contributed by atoms with Crippen LogP contribution in [0.4, 0.5) is 13.2 Å². The molecule has 0 aromatic heterocycles. The van der Waals surface area contributed by atoms with E-state index in [0.29, 0.717) is 5.96 Å². The Balaban J connectivity index is 2.00. The fourth-order valence-corrected chi connectivity index (χ4v) is 2.61. The van der Waals surface area contributed by atoms with Crippen molar-refractivity contribution in [3.05, 3.63) is 0 Å². The van der Waals surface area contributed by atoms with Gasteiger partial charge in [-0.1, -0.05) is 38.5 Å². The predicted octanol–water partition coefficient (Wildman–Crippen LogP) is 3.46. The summed E-state index contributed by atoms with van der Waals surface area (Å²) in [5.74, 6) is 1.36. The highest BCUT2D eigenvalue weighted by molar-refractivity contribution is 5.79. The van der Waals surface area contributed by atoms with Gasteiger partial charge in [0.15, 0.2) is 5.96 Å². The van der Waals surface area contributed by atoms with E-state index in [2.05, 4.69) is 15.6 Å². The van der Waals surface area contributed by atoms with Crippen molar-refractivity contribution in [2.75, 3.05) is 20.1 Å². The van der Waals surface area contributed by atoms with Crippen LogP contribution in [0.1, 0.15) is 51.4 Å². The van der Waals surface area contributed by atoms with Crippen molar-refractivity contribution >= 4 is 5.96 Å². The highest BCUT2D eigenvalue weighted by Crippen LogP contribution is 2.28. The molecule has 0 aromatic rings. The van der Waals surface area contributed by atoms with E-state index in [1.165, 1.54) is 38.5 Å². The van der Waals surface area contributed by atoms with Crippen molar-refractivity contribution in [1.29, 1.82) is 0 Å². The van der Waals surface area contributed by atoms with Gasteiger partial charge in [0.25, 0.3) is 0 Å². The second kappa shape index (κ2) is 9.08. The lowest BCUT2D eigenvalue weighted by molar-refractivity contribution is -0.132. The zero-order chi connectivity index (χ0) is 14.8. The fourth-order valence-electron chi connectivity index (χ4n) is 2.61. The molecule has 1 saturated carbocycles. The van der Waals surface area contributed by atoms with Crippen LogP contribution in [0.25, 0.3) is 0 Å². The summed E-state index contributed by atoms with van der Waals surface area (Å²) in [6.45, 7) is 0.629. The molecule has 0 saturated heterocycles. The zero-order valence-electron chi connectivity index (χ0n) is 12.2. The summed E-state index contributed by atoms with van der Waals surface area (Å²) in [4.78, 5) is 3.91. The number of nitrogens with zero attached hydrogens (tertiary/aromatic N) is 1. The number of rotatable bonds is 7. The smallest absolute Gasteiger partial charge is 0.356 e. The lowest BCUT2D eigenvalue weighted by atomic mass is 10.0. The quantitative estimate of drug-likeness (QED) is 0.428. The van der Waals surface area contributed by atoms with E-state index in [-0.39, 0.29) is 6.54 Å². The van der Waals surface area contributed by atoms with Gasteiger partial charge in [-0.25, -0.2) is 0 Å². The maximum atomic E-state index is 12.0. The van der Waals surface area contributed by atoms with E-state index < -0.39 is 12.6 Å². The van der Waals surface area contributed by atoms with Crippen LogP contribution in [0.2, 0.25) is 0 Å². The van der Waals surface area contributed by atoms with Gasteiger partial charge in [-0.05, 0) is 12.3 Å². The molecule has 0 unspecified atom stereocenters. The number of guanidine groups is 1. The number of unbranched alkanes of at least 4 members (excludes halogenated alkanes) is 1. The predicted molar refractivity (Wildman–Crippen MR) is 75.8 cm³/mol. The minimum absolute atomic E-state index is 0.134. The van der Waals surface area contributed by atoms with E-state index in [1.54, 1.807) is 7.05 Å². The van der Waals surface area contributed by atoms with Crippen molar-refractivity contribution in [3.8, 4) is 0 Å². The van der Waals surface area contributed by atoms with Crippen LogP contribution in [0.5, 0.6) is 0 Å². The molecule has 0 atom stereocenters. The van der Waals surface area contributed by atoms with E-state index in [9.17, 15) is 13.2 Å². The molecule has 0 spiro atoms. The molecule has 3 nitrogen and oxygen atoms in total. The summed E-state index contributed by atoms with van der Waals surface area (Å²) < 4.78 is 36.0. The molecular weight excluding hydrogens is 267 g/mol. The molecule has 0 bridgehead atoms. The molecule has 0 amide bonds. The van der Waals surface area contributed by atoms with Crippen LogP contribution in [0.15, 0.2) is 4.99 Å². The number of aliphatic imine (C=N–C) groups is 1. The van der Waals surface area contributed by atoms with Crippen LogP contribution < -0.4 is 10.6 Å². The van der Waals surface area contributed by atoms with Gasteiger partial charge >= 0.3 is 6.18 Å². The maximum Gasteiger partial charge on any atom is 0.390 e. The minimum atomic E-state index is -4.12. The van der Waals surface area contributed by atoms with Crippen LogP contribution in [0.3, 0.4) is 0 Å². The Bertz CT molecular complexity index is 284. The molecule has 1 fully saturated rings. The first-order valence-electron chi connectivity index (χ1n) is 7.52. The van der Waals surface area contributed by atoms with Gasteiger partial charge in [0.05, 0.1) is 6.42 Å². The molecule has 6 heteroatoms. The highest BCUT2D eigenvalue weighted by atomic mass is 19.4. The van der Waals surface area contributed by atoms with Crippen LogP contribution >= 0.6 is 0 Å². The fraction of sp³-hybridized carbons (Fsp3) is 0.929. The van der Waals surface area contributed by atoms with Gasteiger partial charge in [0.2, 0.25) is 0 Å². The zero-order valence-corrected chi connectivity index (χ0v) is 12.2. The maximum absolute atomic E-state index is 12.0. The number of hydrogen-bond acceptors (Lipinski definition) is 1. The number of halogens is 3. The Morgan fingerprint density at radius 3 is 2.35 bits per heavy atom. The third kappa shape index (κ3) is 8.27. The third-order valence-electron chi connectivity index (χ3n) is 3.73. The SMILES string of the molecule is CN=C(NCCCCC1CCCC1)NCCC(F)(F)F. The molecule has 2 N–H and O–H groups in total. The Kier molecular flexibility index (Phi) is 7.77. The summed E-state index contributed by atoms with van der Waals surface area (Å²) in [5.41, 5.74) is 0. The van der Waals surface area contributed by atoms with E-state index >= 15 is 0 Å². The van der Waals surface area contributed by atoms with Crippen molar-refractivity contribution in [3.63, 3.8) is 0 Å². The molecule has 0 aliphatic heterocycles. The molecule has 0 radical (unpaired) electrons. The molecule has 1 aliphatic rings. The van der Waals surface area contributed by atoms with Gasteiger partial charge in [-0.3, -0.25) is 4.99 Å². The van der Waals surface area contributed by atoms with E-state index in [0.717, 1.165) is 18.9 Å². The molecule has 1 aliphatic carbocycles. The Morgan fingerprint density at radius 2 is 1.75 bits per heavy atom. The molecule has 20 heavy (non-hydrogen) atoms. The van der Waals surface area contributed by atoms with Crippen molar-refractivity contribution in [1.82, 2.24) is 10.6 Å². The summed E-state index contributed by atoms with van der Waals surface area (Å²) >= 11 is 0. The topological polar surface area (TPSA) is 36.4 Å². The van der Waals surface area contributed by atoms with E-state index in [4.69, 9.17) is 0 Å².